The third-order valence-corrected chi connectivity index (χ3v) is 8.24. The molecule has 2 aliphatic rings. The average molecular weight is 545 g/mol. The molecule has 5 rings (SSSR count). The summed E-state index contributed by atoms with van der Waals surface area (Å²) in [5.41, 5.74) is 3.73. The van der Waals surface area contributed by atoms with Crippen LogP contribution in [0.3, 0.4) is 0 Å². The smallest absolute Gasteiger partial charge is 0.318 e. The van der Waals surface area contributed by atoms with E-state index in [4.69, 9.17) is 4.99 Å². The highest BCUT2D eigenvalue weighted by Crippen LogP contribution is 2.46. The molecule has 0 bridgehead atoms. The largest absolute Gasteiger partial charge is 0.481 e. The van der Waals surface area contributed by atoms with Crippen LogP contribution in [0.25, 0.3) is 21.5 Å². The Morgan fingerprint density at radius 1 is 1.33 bits per heavy atom. The van der Waals surface area contributed by atoms with E-state index < -0.39 is 29.1 Å². The molecule has 2 aliphatic heterocycles. The lowest BCUT2D eigenvalue weighted by molar-refractivity contribution is -0.155. The Balaban J connectivity index is 1.72. The van der Waals surface area contributed by atoms with Crippen LogP contribution in [0.1, 0.15) is 25.8 Å². The maximum Gasteiger partial charge on any atom is 0.318 e. The van der Waals surface area contributed by atoms with Gasteiger partial charge in [-0.2, -0.15) is 5.26 Å². The van der Waals surface area contributed by atoms with Crippen LogP contribution in [0.15, 0.2) is 53.2 Å². The van der Waals surface area contributed by atoms with E-state index in [0.717, 1.165) is 10.3 Å². The van der Waals surface area contributed by atoms with Gasteiger partial charge in [0, 0.05) is 43.0 Å². The van der Waals surface area contributed by atoms with Gasteiger partial charge in [0.15, 0.2) is 0 Å². The van der Waals surface area contributed by atoms with Crippen molar-refractivity contribution in [2.45, 2.75) is 26.1 Å². The molecule has 1 saturated heterocycles. The maximum absolute atomic E-state index is 13.1. The predicted octanol–water partition coefficient (Wildman–Crippen LogP) is 3.31. The number of hydrogen-bond acceptors (Lipinski definition) is 9. The number of thiazole rings is 1. The van der Waals surface area contributed by atoms with E-state index >= 15 is 0 Å². The third kappa shape index (κ3) is 4.60. The van der Waals surface area contributed by atoms with Gasteiger partial charge in [0.1, 0.15) is 0 Å². The van der Waals surface area contributed by atoms with Gasteiger partial charge in [-0.05, 0) is 57.2 Å². The summed E-state index contributed by atoms with van der Waals surface area (Å²) in [4.78, 5) is 41.4. The lowest BCUT2D eigenvalue weighted by Gasteiger charge is -2.52. The number of carbonyl (C=O) groups is 2. The monoisotopic (exact) mass is 544 g/mol. The van der Waals surface area contributed by atoms with Gasteiger partial charge >= 0.3 is 12.0 Å². The number of rotatable bonds is 6. The zero-order chi connectivity index (χ0) is 27.6. The molecular formula is C27H28N8O3S. The Bertz CT molecular complexity index is 1530. The van der Waals surface area contributed by atoms with Crippen molar-refractivity contribution >= 4 is 45.5 Å². The second-order valence-corrected chi connectivity index (χ2v) is 10.5. The number of carboxylic acids is 1. The van der Waals surface area contributed by atoms with E-state index in [1.54, 1.807) is 54.2 Å². The quantitative estimate of drug-likeness (QED) is 0.368. The van der Waals surface area contributed by atoms with E-state index in [-0.39, 0.29) is 0 Å². The molecule has 4 heterocycles. The number of fused-ring (bicyclic) bond motifs is 1. The summed E-state index contributed by atoms with van der Waals surface area (Å²) in [6, 6.07) is 8.85. The number of aliphatic carboxylic acids is 1. The molecule has 3 aromatic rings. The molecule has 200 valence electrons. The van der Waals surface area contributed by atoms with Crippen LogP contribution >= 0.6 is 11.3 Å². The van der Waals surface area contributed by atoms with Crippen molar-refractivity contribution in [2.75, 3.05) is 24.5 Å². The highest BCUT2D eigenvalue weighted by atomic mass is 32.1. The number of benzene rings is 1. The summed E-state index contributed by atoms with van der Waals surface area (Å²) in [6.45, 7) is 4.75. The minimum Gasteiger partial charge on any atom is -0.481 e. The molecule has 1 aromatic carbocycles. The highest BCUT2D eigenvalue weighted by molar-refractivity contribution is 7.17. The van der Waals surface area contributed by atoms with E-state index in [1.807, 2.05) is 19.1 Å². The average Bonchev–Trinajstić information content (AvgIpc) is 3.42. The molecule has 1 fully saturated rings. The van der Waals surface area contributed by atoms with E-state index in [0.29, 0.717) is 48.5 Å². The van der Waals surface area contributed by atoms with Crippen molar-refractivity contribution in [3.8, 4) is 17.3 Å². The number of carbonyl (C=O) groups excluding carboxylic acids is 1. The summed E-state index contributed by atoms with van der Waals surface area (Å²) < 4.78 is 0.892. The van der Waals surface area contributed by atoms with Crippen molar-refractivity contribution in [1.82, 2.24) is 25.9 Å². The lowest BCUT2D eigenvalue weighted by atomic mass is 9.68. The van der Waals surface area contributed by atoms with E-state index in [1.165, 1.54) is 11.3 Å². The van der Waals surface area contributed by atoms with Crippen molar-refractivity contribution in [3.63, 3.8) is 0 Å². The van der Waals surface area contributed by atoms with Gasteiger partial charge in [-0.1, -0.05) is 0 Å². The minimum atomic E-state index is -1.47. The Kier molecular flexibility index (Phi) is 7.03. The first-order valence-electron chi connectivity index (χ1n) is 12.6. The molecule has 3 unspecified atom stereocenters. The molecule has 4 N–H and O–H groups in total. The van der Waals surface area contributed by atoms with Gasteiger partial charge in [0.25, 0.3) is 0 Å². The van der Waals surface area contributed by atoms with E-state index in [2.05, 4.69) is 32.0 Å². The number of hydrogen-bond donors (Lipinski definition) is 4. The van der Waals surface area contributed by atoms with Crippen molar-refractivity contribution in [2.24, 2.45) is 16.3 Å². The van der Waals surface area contributed by atoms with Gasteiger partial charge in [-0.15, -0.1) is 11.3 Å². The van der Waals surface area contributed by atoms with Gasteiger partial charge in [0.05, 0.1) is 44.4 Å². The number of urea groups is 1. The maximum atomic E-state index is 13.1. The normalized spacial score (nSPS) is 24.3. The van der Waals surface area contributed by atoms with Crippen LogP contribution in [0.5, 0.6) is 0 Å². The number of pyridine rings is 1. The first-order chi connectivity index (χ1) is 18.8. The fourth-order valence-electron chi connectivity index (χ4n) is 5.32. The molecular weight excluding hydrogens is 516 g/mol. The summed E-state index contributed by atoms with van der Waals surface area (Å²) in [7, 11) is 0. The lowest BCUT2D eigenvalue weighted by Crippen LogP contribution is -2.71. The van der Waals surface area contributed by atoms with Crippen LogP contribution in [0.2, 0.25) is 0 Å². The molecule has 0 aliphatic carbocycles. The number of nitrogens with zero attached hydrogens (tertiary/aromatic N) is 5. The van der Waals surface area contributed by atoms with Crippen molar-refractivity contribution in [1.29, 1.82) is 5.26 Å². The Morgan fingerprint density at radius 2 is 2.18 bits per heavy atom. The molecule has 11 nitrogen and oxygen atoms in total. The van der Waals surface area contributed by atoms with Crippen LogP contribution < -0.4 is 20.9 Å². The Labute approximate surface area is 229 Å². The molecule has 2 amide bonds. The minimum absolute atomic E-state index is 0.314. The van der Waals surface area contributed by atoms with Crippen molar-refractivity contribution in [3.05, 3.63) is 53.8 Å². The fraction of sp³-hybridized carbons (Fsp3) is 0.333. The van der Waals surface area contributed by atoms with Gasteiger partial charge < -0.3 is 20.6 Å². The number of nitriles is 1. The molecule has 2 aromatic heterocycles. The molecule has 3 atom stereocenters. The second kappa shape index (κ2) is 10.4. The van der Waals surface area contributed by atoms with Gasteiger partial charge in [-0.25, -0.2) is 14.8 Å². The summed E-state index contributed by atoms with van der Waals surface area (Å²) in [6.07, 6.45) is 7.06. The number of anilines is 1. The first-order valence-corrected chi connectivity index (χ1v) is 13.5. The number of nitrogens with one attached hydrogen (secondary N) is 3. The molecule has 0 radical (unpaired) electrons. The summed E-state index contributed by atoms with van der Waals surface area (Å²) in [5, 5.41) is 28.9. The van der Waals surface area contributed by atoms with Crippen LogP contribution in [0, 0.1) is 22.7 Å². The van der Waals surface area contributed by atoms with Crippen molar-refractivity contribution < 1.29 is 14.7 Å². The number of piperidine rings is 1. The number of allylic oxidation sites excluding steroid dienone is 1. The number of carboxylic acid groups (broad SMARTS) is 1. The fourth-order valence-corrected chi connectivity index (χ4v) is 6.11. The van der Waals surface area contributed by atoms with Gasteiger partial charge in [0.2, 0.25) is 5.79 Å². The molecule has 39 heavy (non-hydrogen) atoms. The standard InChI is InChI=1S/C27H28N8O3S/c1-3-30-25(38)34-27(22-15-29-9-6-26(22,2)24(36)37)33-7-4-10-35(27)18-12-19(23-21(13-18)32-16-39-23)20-11-17(14-28)5-8-31-20/h4-5,7-8,10-13,16,22,29H,3,6,9,15H2,1-2H3,(H,36,37)(H2,30,34,38). The van der Waals surface area contributed by atoms with Crippen LogP contribution in [-0.2, 0) is 4.79 Å². The SMILES string of the molecule is CCNC(=O)NC1(C2CNCCC2(C)C(=O)O)N=CC=CN1c1cc(-c2cc(C#N)ccn2)c2scnc2c1. The number of amides is 2. The zero-order valence-electron chi connectivity index (χ0n) is 21.5. The Morgan fingerprint density at radius 3 is 2.95 bits per heavy atom. The van der Waals surface area contributed by atoms with Gasteiger partial charge in [-0.3, -0.25) is 15.1 Å². The van der Waals surface area contributed by atoms with Crippen LogP contribution in [-0.4, -0.2) is 58.7 Å². The molecule has 0 saturated carbocycles. The Hall–Kier alpha value is -4.34. The summed E-state index contributed by atoms with van der Waals surface area (Å²) >= 11 is 1.46. The molecule has 0 spiro atoms. The molecule has 12 heteroatoms. The second-order valence-electron chi connectivity index (χ2n) is 9.67. The van der Waals surface area contributed by atoms with Crippen LogP contribution in [0.4, 0.5) is 10.5 Å². The topological polar surface area (TPSA) is 156 Å². The third-order valence-electron chi connectivity index (χ3n) is 7.37. The number of aromatic nitrogens is 2. The highest BCUT2D eigenvalue weighted by Gasteiger charge is 2.57. The first kappa shape index (κ1) is 26.3. The predicted molar refractivity (Wildman–Crippen MR) is 149 cm³/mol. The zero-order valence-corrected chi connectivity index (χ0v) is 22.3. The number of aliphatic imine (C=N–C) groups is 1. The summed E-state index contributed by atoms with van der Waals surface area (Å²) in [5.74, 6) is -3.09. The van der Waals surface area contributed by atoms with E-state index in [9.17, 15) is 20.0 Å².